The van der Waals surface area contributed by atoms with Gasteiger partial charge in [-0.2, -0.15) is 5.10 Å². The molecule has 0 aliphatic heterocycles. The molecule has 110 valence electrons. The Hall–Kier alpha value is -2.30. The van der Waals surface area contributed by atoms with E-state index in [1.54, 1.807) is 24.1 Å². The van der Waals surface area contributed by atoms with Crippen molar-refractivity contribution in [3.05, 3.63) is 48.3 Å². The van der Waals surface area contributed by atoms with Gasteiger partial charge in [0.05, 0.1) is 12.4 Å². The number of carboxylic acids is 1. The van der Waals surface area contributed by atoms with Crippen LogP contribution in [-0.2, 0) is 17.3 Å². The molecular weight excluding hydrogens is 268 g/mol. The summed E-state index contributed by atoms with van der Waals surface area (Å²) < 4.78 is 7.35. The summed E-state index contributed by atoms with van der Waals surface area (Å²) in [6.45, 7) is 2.08. The van der Waals surface area contributed by atoms with E-state index in [9.17, 15) is 9.90 Å². The zero-order valence-corrected chi connectivity index (χ0v) is 12.1. The van der Waals surface area contributed by atoms with Gasteiger partial charge >= 0.3 is 5.97 Å². The molecule has 0 atom stereocenters. The number of hydrogen-bond acceptors (Lipinski definition) is 3. The van der Waals surface area contributed by atoms with Crippen molar-refractivity contribution in [1.29, 1.82) is 0 Å². The van der Waals surface area contributed by atoms with E-state index in [4.69, 9.17) is 4.74 Å². The zero-order valence-electron chi connectivity index (χ0n) is 12.1. The van der Waals surface area contributed by atoms with E-state index in [0.717, 1.165) is 5.56 Å². The van der Waals surface area contributed by atoms with Gasteiger partial charge in [0.15, 0.2) is 5.75 Å². The van der Waals surface area contributed by atoms with E-state index in [-0.39, 0.29) is 5.41 Å². The molecule has 1 aliphatic rings. The largest absolute Gasteiger partial charge is 0.478 e. The van der Waals surface area contributed by atoms with Crippen LogP contribution in [0.25, 0.3) is 0 Å². The lowest BCUT2D eigenvalue weighted by molar-refractivity contribution is -0.171. The molecule has 1 heterocycles. The summed E-state index contributed by atoms with van der Waals surface area (Å²) in [7, 11) is 1.77. The topological polar surface area (TPSA) is 64.3 Å². The maximum absolute atomic E-state index is 11.7. The van der Waals surface area contributed by atoms with Crippen LogP contribution >= 0.6 is 0 Å². The van der Waals surface area contributed by atoms with Gasteiger partial charge in [0, 0.05) is 25.3 Å². The summed E-state index contributed by atoms with van der Waals surface area (Å²) in [5.74, 6) is -0.422. The molecule has 1 fully saturated rings. The number of rotatable bonds is 4. The lowest BCUT2D eigenvalue weighted by atomic mass is 9.57. The molecule has 1 aromatic heterocycles. The van der Waals surface area contributed by atoms with E-state index in [0.29, 0.717) is 18.6 Å². The van der Waals surface area contributed by atoms with Crippen molar-refractivity contribution in [2.24, 2.45) is 7.05 Å². The fourth-order valence-corrected chi connectivity index (χ4v) is 3.20. The quantitative estimate of drug-likeness (QED) is 0.937. The SMILES string of the molecule is Cn1cc(OC2(C(=O)O)CC(C)(c3ccccc3)C2)cn1. The lowest BCUT2D eigenvalue weighted by Gasteiger charge is -2.51. The third kappa shape index (κ3) is 2.28. The van der Waals surface area contributed by atoms with Crippen LogP contribution in [0.3, 0.4) is 0 Å². The molecule has 0 amide bonds. The Labute approximate surface area is 123 Å². The van der Waals surface area contributed by atoms with Crippen LogP contribution in [0.1, 0.15) is 25.3 Å². The maximum atomic E-state index is 11.7. The highest BCUT2D eigenvalue weighted by Crippen LogP contribution is 2.52. The van der Waals surface area contributed by atoms with Gasteiger partial charge in [-0.3, -0.25) is 4.68 Å². The van der Waals surface area contributed by atoms with Crippen molar-refractivity contribution in [3.63, 3.8) is 0 Å². The predicted octanol–water partition coefficient (Wildman–Crippen LogP) is 2.37. The van der Waals surface area contributed by atoms with Gasteiger partial charge in [0.2, 0.25) is 5.60 Å². The fourth-order valence-electron chi connectivity index (χ4n) is 3.20. The van der Waals surface area contributed by atoms with Crippen LogP contribution in [0.4, 0.5) is 0 Å². The van der Waals surface area contributed by atoms with Crippen molar-refractivity contribution < 1.29 is 14.6 Å². The highest BCUT2D eigenvalue weighted by molar-refractivity contribution is 5.80. The average Bonchev–Trinajstić information content (AvgIpc) is 2.82. The average molecular weight is 286 g/mol. The monoisotopic (exact) mass is 286 g/mol. The third-order valence-electron chi connectivity index (χ3n) is 4.21. The molecule has 3 rings (SSSR count). The van der Waals surface area contributed by atoms with Crippen LogP contribution in [0, 0.1) is 0 Å². The van der Waals surface area contributed by atoms with E-state index in [1.165, 1.54) is 0 Å². The van der Waals surface area contributed by atoms with Crippen molar-refractivity contribution in [2.75, 3.05) is 0 Å². The molecule has 2 aromatic rings. The fraction of sp³-hybridized carbons (Fsp3) is 0.375. The molecule has 5 nitrogen and oxygen atoms in total. The first-order chi connectivity index (χ1) is 9.93. The summed E-state index contributed by atoms with van der Waals surface area (Å²) in [6.07, 6.45) is 4.13. The number of aromatic nitrogens is 2. The zero-order chi connectivity index (χ0) is 15.1. The summed E-state index contributed by atoms with van der Waals surface area (Å²) in [4.78, 5) is 11.7. The first-order valence-electron chi connectivity index (χ1n) is 6.90. The molecule has 0 spiro atoms. The predicted molar refractivity (Wildman–Crippen MR) is 77.2 cm³/mol. The lowest BCUT2D eigenvalue weighted by Crippen LogP contribution is -2.61. The molecule has 0 saturated heterocycles. The minimum Gasteiger partial charge on any atom is -0.478 e. The van der Waals surface area contributed by atoms with Crippen LogP contribution in [0.15, 0.2) is 42.7 Å². The maximum Gasteiger partial charge on any atom is 0.348 e. The van der Waals surface area contributed by atoms with E-state index >= 15 is 0 Å². The van der Waals surface area contributed by atoms with E-state index in [1.807, 2.05) is 30.3 Å². The Bertz CT molecular complexity index is 657. The van der Waals surface area contributed by atoms with E-state index in [2.05, 4.69) is 12.0 Å². The standard InChI is InChI=1S/C16H18N2O3/c1-15(12-6-4-3-5-7-12)10-16(11-15,14(19)20)21-13-8-17-18(2)9-13/h3-9H,10-11H2,1-2H3,(H,19,20). The Kier molecular flexibility index (Phi) is 3.01. The van der Waals surface area contributed by atoms with E-state index < -0.39 is 11.6 Å². The number of hydrogen-bond donors (Lipinski definition) is 1. The minimum absolute atomic E-state index is 0.165. The number of carboxylic acid groups (broad SMARTS) is 1. The highest BCUT2D eigenvalue weighted by Gasteiger charge is 2.60. The number of nitrogens with zero attached hydrogens (tertiary/aromatic N) is 2. The molecule has 0 unspecified atom stereocenters. The third-order valence-corrected chi connectivity index (χ3v) is 4.21. The Morgan fingerprint density at radius 2 is 2.00 bits per heavy atom. The molecule has 1 saturated carbocycles. The first kappa shape index (κ1) is 13.7. The van der Waals surface area contributed by atoms with Gasteiger partial charge < -0.3 is 9.84 Å². The second kappa shape index (κ2) is 4.62. The van der Waals surface area contributed by atoms with Crippen molar-refractivity contribution in [3.8, 4) is 5.75 Å². The minimum atomic E-state index is -1.16. The Balaban J connectivity index is 1.82. The first-order valence-corrected chi connectivity index (χ1v) is 6.90. The van der Waals surface area contributed by atoms with Crippen LogP contribution < -0.4 is 4.74 Å². The van der Waals surface area contributed by atoms with Gasteiger partial charge in [-0.25, -0.2) is 4.79 Å². The molecular formula is C16H18N2O3. The summed E-state index contributed by atoms with van der Waals surface area (Å²) >= 11 is 0. The van der Waals surface area contributed by atoms with Crippen molar-refractivity contribution in [1.82, 2.24) is 9.78 Å². The molecule has 1 N–H and O–H groups in total. The highest BCUT2D eigenvalue weighted by atomic mass is 16.5. The Morgan fingerprint density at radius 1 is 1.33 bits per heavy atom. The van der Waals surface area contributed by atoms with Gasteiger partial charge in [-0.05, 0) is 5.56 Å². The molecule has 1 aliphatic carbocycles. The van der Waals surface area contributed by atoms with Gasteiger partial charge in [0.25, 0.3) is 0 Å². The number of aliphatic carboxylic acids is 1. The Morgan fingerprint density at radius 3 is 2.52 bits per heavy atom. The summed E-state index contributed by atoms with van der Waals surface area (Å²) in [6, 6.07) is 9.99. The second-order valence-electron chi connectivity index (χ2n) is 6.03. The van der Waals surface area contributed by atoms with Crippen LogP contribution in [0.5, 0.6) is 5.75 Å². The smallest absolute Gasteiger partial charge is 0.348 e. The molecule has 21 heavy (non-hydrogen) atoms. The van der Waals surface area contributed by atoms with Crippen molar-refractivity contribution in [2.45, 2.75) is 30.8 Å². The van der Waals surface area contributed by atoms with Crippen molar-refractivity contribution >= 4 is 5.97 Å². The normalized spacial score (nSPS) is 27.9. The number of benzene rings is 1. The van der Waals surface area contributed by atoms with Gasteiger partial charge in [-0.15, -0.1) is 0 Å². The summed E-state index contributed by atoms with van der Waals surface area (Å²) in [5, 5.41) is 13.6. The molecule has 0 radical (unpaired) electrons. The summed E-state index contributed by atoms with van der Waals surface area (Å²) in [5.41, 5.74) is -0.174. The molecule has 0 bridgehead atoms. The number of aryl methyl sites for hydroxylation is 1. The molecule has 5 heteroatoms. The number of ether oxygens (including phenoxy) is 1. The van der Waals surface area contributed by atoms with Crippen LogP contribution in [0.2, 0.25) is 0 Å². The van der Waals surface area contributed by atoms with Crippen LogP contribution in [-0.4, -0.2) is 26.5 Å². The molecule has 1 aromatic carbocycles. The second-order valence-corrected chi connectivity index (χ2v) is 6.03. The van der Waals surface area contributed by atoms with Gasteiger partial charge in [-0.1, -0.05) is 37.3 Å². The van der Waals surface area contributed by atoms with Gasteiger partial charge in [0.1, 0.15) is 0 Å². The number of carbonyl (C=O) groups is 1.